The number of amides is 2. The van der Waals surface area contributed by atoms with Gasteiger partial charge in [-0.25, -0.2) is 0 Å². The zero-order chi connectivity index (χ0) is 17.0. The molecule has 0 spiro atoms. The number of rotatable bonds is 4. The third-order valence-corrected chi connectivity index (χ3v) is 3.95. The van der Waals surface area contributed by atoms with Crippen molar-refractivity contribution < 1.29 is 9.59 Å². The normalized spacial score (nSPS) is 12.5. The van der Waals surface area contributed by atoms with Crippen LogP contribution in [0.2, 0.25) is 0 Å². The van der Waals surface area contributed by atoms with Crippen LogP contribution in [0, 0.1) is 0 Å². The quantitative estimate of drug-likeness (QED) is 0.901. The lowest BCUT2D eigenvalue weighted by molar-refractivity contribution is -0.117. The Morgan fingerprint density at radius 2 is 1.83 bits per heavy atom. The molecule has 1 unspecified atom stereocenters. The first kappa shape index (κ1) is 17.1. The van der Waals surface area contributed by atoms with E-state index in [1.807, 2.05) is 12.1 Å². The van der Waals surface area contributed by atoms with Gasteiger partial charge in [0.05, 0.1) is 0 Å². The molecule has 0 saturated heterocycles. The van der Waals surface area contributed by atoms with Crippen LogP contribution in [0.25, 0.3) is 0 Å². The molecular formula is C16H20N4O2S. The summed E-state index contributed by atoms with van der Waals surface area (Å²) in [6, 6.07) is 6.73. The maximum absolute atomic E-state index is 12.2. The first-order valence-electron chi connectivity index (χ1n) is 7.26. The number of carbonyl (C=O) groups is 2. The maximum atomic E-state index is 12.2. The molecule has 122 valence electrons. The van der Waals surface area contributed by atoms with Gasteiger partial charge in [-0.15, -0.1) is 10.2 Å². The van der Waals surface area contributed by atoms with Crippen LogP contribution in [0.15, 0.2) is 29.8 Å². The van der Waals surface area contributed by atoms with Crippen molar-refractivity contribution >= 4 is 28.3 Å². The summed E-state index contributed by atoms with van der Waals surface area (Å²) in [5.74, 6) is -0.619. The van der Waals surface area contributed by atoms with E-state index in [0.29, 0.717) is 10.7 Å². The fraction of sp³-hybridized carbons (Fsp3) is 0.375. The summed E-state index contributed by atoms with van der Waals surface area (Å²) in [4.78, 5) is 24.2. The zero-order valence-corrected chi connectivity index (χ0v) is 14.4. The summed E-state index contributed by atoms with van der Waals surface area (Å²) in [5.41, 5.74) is 3.23. The Morgan fingerprint density at radius 1 is 1.17 bits per heavy atom. The summed E-state index contributed by atoms with van der Waals surface area (Å²) in [6.07, 6.45) is 0. The number of nitrogens with one attached hydrogen (secondary N) is 2. The maximum Gasteiger partial charge on any atom is 0.251 e. The second kappa shape index (κ2) is 6.87. The van der Waals surface area contributed by atoms with E-state index < -0.39 is 6.04 Å². The van der Waals surface area contributed by atoms with Crippen LogP contribution in [0.4, 0.5) is 5.13 Å². The molecule has 7 heteroatoms. The van der Waals surface area contributed by atoms with Crippen LogP contribution >= 0.6 is 11.3 Å². The molecule has 0 aliphatic carbocycles. The van der Waals surface area contributed by atoms with Crippen molar-refractivity contribution in [2.75, 3.05) is 5.32 Å². The van der Waals surface area contributed by atoms with E-state index in [0.717, 1.165) is 5.56 Å². The SMILES string of the molecule is CC(NC(=O)c1ccc(C(C)(C)C)cc1)C(=O)Nc1nncs1. The lowest BCUT2D eigenvalue weighted by atomic mass is 9.86. The highest BCUT2D eigenvalue weighted by molar-refractivity contribution is 7.13. The minimum absolute atomic E-state index is 0.0317. The average molecular weight is 332 g/mol. The van der Waals surface area contributed by atoms with Crippen molar-refractivity contribution in [2.45, 2.75) is 39.2 Å². The van der Waals surface area contributed by atoms with Crippen LogP contribution in [-0.4, -0.2) is 28.1 Å². The molecule has 2 rings (SSSR count). The van der Waals surface area contributed by atoms with Crippen LogP contribution in [0.1, 0.15) is 43.6 Å². The van der Waals surface area contributed by atoms with Gasteiger partial charge in [0.15, 0.2) is 0 Å². The van der Waals surface area contributed by atoms with Gasteiger partial charge in [-0.2, -0.15) is 0 Å². The highest BCUT2D eigenvalue weighted by atomic mass is 32.1. The molecule has 6 nitrogen and oxygen atoms in total. The molecule has 1 atom stereocenters. The van der Waals surface area contributed by atoms with Crippen LogP contribution in [-0.2, 0) is 10.2 Å². The fourth-order valence-electron chi connectivity index (χ4n) is 1.91. The topological polar surface area (TPSA) is 84.0 Å². The molecule has 0 aliphatic heterocycles. The minimum Gasteiger partial charge on any atom is -0.341 e. The third-order valence-electron chi connectivity index (χ3n) is 3.34. The van der Waals surface area contributed by atoms with Gasteiger partial charge in [0.25, 0.3) is 5.91 Å². The molecular weight excluding hydrogens is 312 g/mol. The number of benzene rings is 1. The number of nitrogens with zero attached hydrogens (tertiary/aromatic N) is 2. The number of hydrogen-bond donors (Lipinski definition) is 2. The lowest BCUT2D eigenvalue weighted by Crippen LogP contribution is -2.41. The molecule has 1 aromatic heterocycles. The van der Waals surface area contributed by atoms with Gasteiger partial charge in [0, 0.05) is 5.56 Å². The van der Waals surface area contributed by atoms with Gasteiger partial charge in [-0.1, -0.05) is 44.2 Å². The van der Waals surface area contributed by atoms with E-state index in [2.05, 4.69) is 41.6 Å². The molecule has 0 fully saturated rings. The molecule has 0 saturated carbocycles. The summed E-state index contributed by atoms with van der Waals surface area (Å²) < 4.78 is 0. The largest absolute Gasteiger partial charge is 0.341 e. The van der Waals surface area contributed by atoms with E-state index in [9.17, 15) is 9.59 Å². The Balaban J connectivity index is 1.96. The Hall–Kier alpha value is -2.28. The number of aromatic nitrogens is 2. The summed E-state index contributed by atoms with van der Waals surface area (Å²) in [6.45, 7) is 7.96. The molecule has 0 radical (unpaired) electrons. The van der Waals surface area contributed by atoms with Crippen molar-refractivity contribution in [2.24, 2.45) is 0 Å². The Morgan fingerprint density at radius 3 is 2.35 bits per heavy atom. The monoisotopic (exact) mass is 332 g/mol. The fourth-order valence-corrected chi connectivity index (χ4v) is 2.36. The second-order valence-corrected chi connectivity index (χ2v) is 7.09. The number of carbonyl (C=O) groups excluding carboxylic acids is 2. The lowest BCUT2D eigenvalue weighted by Gasteiger charge is -2.19. The smallest absolute Gasteiger partial charge is 0.251 e. The summed E-state index contributed by atoms with van der Waals surface area (Å²) >= 11 is 1.22. The van der Waals surface area contributed by atoms with Gasteiger partial charge in [0.1, 0.15) is 11.6 Å². The van der Waals surface area contributed by atoms with Crippen molar-refractivity contribution in [1.29, 1.82) is 0 Å². The van der Waals surface area contributed by atoms with Crippen LogP contribution in [0.5, 0.6) is 0 Å². The highest BCUT2D eigenvalue weighted by Gasteiger charge is 2.18. The molecule has 1 heterocycles. The van der Waals surface area contributed by atoms with Crippen molar-refractivity contribution in [3.63, 3.8) is 0 Å². The predicted molar refractivity (Wildman–Crippen MR) is 90.6 cm³/mol. The summed E-state index contributed by atoms with van der Waals surface area (Å²) in [7, 11) is 0. The van der Waals surface area contributed by atoms with E-state index in [1.165, 1.54) is 16.8 Å². The molecule has 0 bridgehead atoms. The molecule has 2 N–H and O–H groups in total. The number of hydrogen-bond acceptors (Lipinski definition) is 5. The van der Waals surface area contributed by atoms with E-state index in [-0.39, 0.29) is 17.2 Å². The minimum atomic E-state index is -0.673. The predicted octanol–water partition coefficient (Wildman–Crippen LogP) is 2.59. The summed E-state index contributed by atoms with van der Waals surface area (Å²) in [5, 5.41) is 13.0. The van der Waals surface area contributed by atoms with E-state index in [4.69, 9.17) is 0 Å². The molecule has 2 aromatic rings. The Kier molecular flexibility index (Phi) is 5.10. The second-order valence-electron chi connectivity index (χ2n) is 6.26. The van der Waals surface area contributed by atoms with Gasteiger partial charge in [0.2, 0.25) is 11.0 Å². The first-order valence-corrected chi connectivity index (χ1v) is 8.14. The Labute approximate surface area is 139 Å². The third kappa shape index (κ3) is 4.59. The highest BCUT2D eigenvalue weighted by Crippen LogP contribution is 2.22. The molecule has 0 aliphatic rings. The van der Waals surface area contributed by atoms with E-state index >= 15 is 0 Å². The van der Waals surface area contributed by atoms with Crippen LogP contribution in [0.3, 0.4) is 0 Å². The van der Waals surface area contributed by atoms with Crippen molar-refractivity contribution in [3.05, 3.63) is 40.9 Å². The van der Waals surface area contributed by atoms with Crippen molar-refractivity contribution in [3.8, 4) is 0 Å². The van der Waals surface area contributed by atoms with Crippen molar-refractivity contribution in [1.82, 2.24) is 15.5 Å². The first-order chi connectivity index (χ1) is 10.8. The zero-order valence-electron chi connectivity index (χ0n) is 13.6. The molecule has 1 aromatic carbocycles. The average Bonchev–Trinajstić information content (AvgIpc) is 2.99. The van der Waals surface area contributed by atoms with Gasteiger partial charge in [-0.05, 0) is 30.0 Å². The molecule has 2 amide bonds. The Bertz CT molecular complexity index is 675. The van der Waals surface area contributed by atoms with Gasteiger partial charge < -0.3 is 5.32 Å². The molecule has 23 heavy (non-hydrogen) atoms. The number of anilines is 1. The van der Waals surface area contributed by atoms with Gasteiger partial charge >= 0.3 is 0 Å². The standard InChI is InChI=1S/C16H20N4O2S/c1-10(13(21)19-15-20-17-9-23-15)18-14(22)11-5-7-12(8-6-11)16(2,3)4/h5-10H,1-4H3,(H,18,22)(H,19,20,21). The van der Waals surface area contributed by atoms with Crippen LogP contribution < -0.4 is 10.6 Å². The van der Waals surface area contributed by atoms with Gasteiger partial charge in [-0.3, -0.25) is 14.9 Å². The van der Waals surface area contributed by atoms with E-state index in [1.54, 1.807) is 19.1 Å².